The monoisotopic (exact) mass is 215 g/mol. The molecule has 0 aromatic carbocycles. The third kappa shape index (κ3) is 5.50. The lowest BCUT2D eigenvalue weighted by atomic mass is 9.99. The largest absolute Gasteiger partial charge is 0.396 e. The van der Waals surface area contributed by atoms with Gasteiger partial charge in [-0.1, -0.05) is 19.8 Å². The molecule has 1 aliphatic rings. The molecule has 3 nitrogen and oxygen atoms in total. The smallest absolute Gasteiger partial charge is 0.0594 e. The van der Waals surface area contributed by atoms with Gasteiger partial charge in [0.15, 0.2) is 0 Å². The molecule has 1 fully saturated rings. The molecule has 1 aliphatic heterocycles. The van der Waals surface area contributed by atoms with E-state index in [0.29, 0.717) is 12.5 Å². The van der Waals surface area contributed by atoms with Crippen molar-refractivity contribution in [3.05, 3.63) is 0 Å². The molecule has 0 amide bonds. The lowest BCUT2D eigenvalue weighted by Crippen LogP contribution is -2.37. The van der Waals surface area contributed by atoms with Crippen LogP contribution in [-0.2, 0) is 4.74 Å². The summed E-state index contributed by atoms with van der Waals surface area (Å²) in [4.78, 5) is 2.44. The van der Waals surface area contributed by atoms with E-state index >= 15 is 0 Å². The minimum absolute atomic E-state index is 0.352. The zero-order valence-electron chi connectivity index (χ0n) is 9.95. The quantitative estimate of drug-likeness (QED) is 0.698. The van der Waals surface area contributed by atoms with Crippen molar-refractivity contribution in [3.8, 4) is 0 Å². The number of hydrogen-bond acceptors (Lipinski definition) is 3. The molecule has 0 bridgehead atoms. The van der Waals surface area contributed by atoms with Gasteiger partial charge in [-0.05, 0) is 25.3 Å². The lowest BCUT2D eigenvalue weighted by molar-refractivity contribution is 0.0336. The molecule has 0 spiro atoms. The van der Waals surface area contributed by atoms with Crippen LogP contribution in [0.4, 0.5) is 0 Å². The van der Waals surface area contributed by atoms with Crippen LogP contribution in [0.25, 0.3) is 0 Å². The van der Waals surface area contributed by atoms with Crippen LogP contribution in [0.2, 0.25) is 0 Å². The summed E-state index contributed by atoms with van der Waals surface area (Å²) in [6, 6.07) is 0. The van der Waals surface area contributed by atoms with Gasteiger partial charge >= 0.3 is 0 Å². The number of nitrogens with zero attached hydrogens (tertiary/aromatic N) is 1. The van der Waals surface area contributed by atoms with E-state index in [1.54, 1.807) is 0 Å². The first-order chi connectivity index (χ1) is 7.36. The van der Waals surface area contributed by atoms with Crippen LogP contribution >= 0.6 is 0 Å². The van der Waals surface area contributed by atoms with Crippen LogP contribution in [0.5, 0.6) is 0 Å². The Labute approximate surface area is 93.4 Å². The first-order valence-corrected chi connectivity index (χ1v) is 6.27. The fourth-order valence-electron chi connectivity index (χ4n) is 2.01. The molecule has 15 heavy (non-hydrogen) atoms. The van der Waals surface area contributed by atoms with Crippen molar-refractivity contribution in [3.63, 3.8) is 0 Å². The van der Waals surface area contributed by atoms with Crippen molar-refractivity contribution < 1.29 is 9.84 Å². The Morgan fingerprint density at radius 2 is 2.00 bits per heavy atom. The van der Waals surface area contributed by atoms with Crippen molar-refractivity contribution in [1.29, 1.82) is 0 Å². The molecule has 0 aromatic heterocycles. The minimum atomic E-state index is 0.352. The topological polar surface area (TPSA) is 32.7 Å². The Balaban J connectivity index is 2.09. The highest BCUT2D eigenvalue weighted by atomic mass is 16.5. The summed E-state index contributed by atoms with van der Waals surface area (Å²) in [5.41, 5.74) is 0. The normalized spacial score (nSPS) is 20.4. The molecule has 0 aromatic rings. The van der Waals surface area contributed by atoms with Crippen LogP contribution in [0.15, 0.2) is 0 Å². The number of unbranched alkanes of at least 4 members (excludes halogenated alkanes) is 1. The predicted octanol–water partition coefficient (Wildman–Crippen LogP) is 1.51. The lowest BCUT2D eigenvalue weighted by Gasteiger charge is -2.27. The van der Waals surface area contributed by atoms with E-state index in [4.69, 9.17) is 4.74 Å². The molecule has 0 aliphatic carbocycles. The second kappa shape index (κ2) is 8.08. The van der Waals surface area contributed by atoms with E-state index in [2.05, 4.69) is 11.8 Å². The van der Waals surface area contributed by atoms with Gasteiger partial charge in [-0.15, -0.1) is 0 Å². The fraction of sp³-hybridized carbons (Fsp3) is 1.00. The zero-order chi connectivity index (χ0) is 10.9. The molecular formula is C12H25NO2. The van der Waals surface area contributed by atoms with Crippen LogP contribution in [0.3, 0.4) is 0 Å². The third-order valence-electron chi connectivity index (χ3n) is 3.18. The van der Waals surface area contributed by atoms with Crippen molar-refractivity contribution in [1.82, 2.24) is 4.90 Å². The van der Waals surface area contributed by atoms with Crippen molar-refractivity contribution in [2.75, 3.05) is 39.5 Å². The van der Waals surface area contributed by atoms with Crippen molar-refractivity contribution in [2.24, 2.45) is 5.92 Å². The summed E-state index contributed by atoms with van der Waals surface area (Å²) in [5.74, 6) is 0.507. The summed E-state index contributed by atoms with van der Waals surface area (Å²) < 4.78 is 5.31. The second-order valence-corrected chi connectivity index (χ2v) is 4.43. The summed E-state index contributed by atoms with van der Waals surface area (Å²) >= 11 is 0. The Bertz CT molecular complexity index is 147. The predicted molar refractivity (Wildman–Crippen MR) is 62.0 cm³/mol. The van der Waals surface area contributed by atoms with Gasteiger partial charge in [-0.25, -0.2) is 0 Å². The Morgan fingerprint density at radius 3 is 2.60 bits per heavy atom. The maximum absolute atomic E-state index is 9.24. The first-order valence-electron chi connectivity index (χ1n) is 6.27. The third-order valence-corrected chi connectivity index (χ3v) is 3.18. The summed E-state index contributed by atoms with van der Waals surface area (Å²) in [5, 5.41) is 9.24. The van der Waals surface area contributed by atoms with Gasteiger partial charge in [0.1, 0.15) is 0 Å². The van der Waals surface area contributed by atoms with Gasteiger partial charge in [-0.3, -0.25) is 4.90 Å². The molecule has 1 heterocycles. The maximum atomic E-state index is 9.24. The molecule has 3 heteroatoms. The van der Waals surface area contributed by atoms with E-state index in [0.717, 1.165) is 39.3 Å². The van der Waals surface area contributed by atoms with Gasteiger partial charge in [0.25, 0.3) is 0 Å². The average molecular weight is 215 g/mol. The van der Waals surface area contributed by atoms with Crippen molar-refractivity contribution in [2.45, 2.75) is 32.6 Å². The number of ether oxygens (including phenoxy) is 1. The van der Waals surface area contributed by atoms with E-state index < -0.39 is 0 Å². The molecule has 0 radical (unpaired) electrons. The molecule has 1 N–H and O–H groups in total. The number of aliphatic hydroxyl groups is 1. The minimum Gasteiger partial charge on any atom is -0.396 e. The van der Waals surface area contributed by atoms with Crippen molar-refractivity contribution >= 4 is 0 Å². The highest BCUT2D eigenvalue weighted by molar-refractivity contribution is 4.65. The number of aliphatic hydroxyl groups excluding tert-OH is 1. The highest BCUT2D eigenvalue weighted by Crippen LogP contribution is 2.13. The molecule has 0 saturated carbocycles. The Hall–Kier alpha value is -0.120. The van der Waals surface area contributed by atoms with Gasteiger partial charge in [0, 0.05) is 19.7 Å². The summed E-state index contributed by atoms with van der Waals surface area (Å²) in [7, 11) is 0. The molecule has 1 atom stereocenters. The van der Waals surface area contributed by atoms with E-state index in [1.165, 1.54) is 19.3 Å². The van der Waals surface area contributed by atoms with Crippen LogP contribution in [-0.4, -0.2) is 49.5 Å². The molecule has 1 saturated heterocycles. The van der Waals surface area contributed by atoms with Crippen LogP contribution in [0.1, 0.15) is 32.6 Å². The molecule has 0 unspecified atom stereocenters. The highest BCUT2D eigenvalue weighted by Gasteiger charge is 2.13. The average Bonchev–Trinajstić information content (AvgIpc) is 2.31. The number of rotatable bonds is 7. The molecular weight excluding hydrogens is 190 g/mol. The number of morpholine rings is 1. The standard InChI is InChI=1S/C12H25NO2/c1-2-3-4-12(11-14)5-6-13-7-9-15-10-8-13/h12,14H,2-11H2,1H3/t12-/m0/s1. The first kappa shape index (κ1) is 12.9. The molecule has 1 rings (SSSR count). The van der Waals surface area contributed by atoms with Gasteiger partial charge in [0.2, 0.25) is 0 Å². The van der Waals surface area contributed by atoms with Crippen LogP contribution in [0, 0.1) is 5.92 Å². The Morgan fingerprint density at radius 1 is 1.27 bits per heavy atom. The summed E-state index contributed by atoms with van der Waals surface area (Å²) in [6.07, 6.45) is 4.79. The Kier molecular flexibility index (Phi) is 6.98. The van der Waals surface area contributed by atoms with E-state index in [1.807, 2.05) is 0 Å². The van der Waals surface area contributed by atoms with Gasteiger partial charge in [0.05, 0.1) is 13.2 Å². The van der Waals surface area contributed by atoms with Gasteiger partial charge in [-0.2, -0.15) is 0 Å². The van der Waals surface area contributed by atoms with Gasteiger partial charge < -0.3 is 9.84 Å². The zero-order valence-corrected chi connectivity index (χ0v) is 9.95. The maximum Gasteiger partial charge on any atom is 0.0594 e. The SMILES string of the molecule is CCCC[C@H](CO)CCN1CCOCC1. The molecule has 90 valence electrons. The number of hydrogen-bond donors (Lipinski definition) is 1. The van der Waals surface area contributed by atoms with E-state index in [-0.39, 0.29) is 0 Å². The van der Waals surface area contributed by atoms with Crippen LogP contribution < -0.4 is 0 Å². The second-order valence-electron chi connectivity index (χ2n) is 4.43. The fourth-order valence-corrected chi connectivity index (χ4v) is 2.01. The summed E-state index contributed by atoms with van der Waals surface area (Å²) in [6.45, 7) is 7.55. The van der Waals surface area contributed by atoms with E-state index in [9.17, 15) is 5.11 Å².